The van der Waals surface area contributed by atoms with Gasteiger partial charge in [-0.25, -0.2) is 8.42 Å². The van der Waals surface area contributed by atoms with E-state index in [-0.39, 0.29) is 23.9 Å². The summed E-state index contributed by atoms with van der Waals surface area (Å²) in [5.41, 5.74) is 0. The van der Waals surface area contributed by atoms with Gasteiger partial charge >= 0.3 is 0 Å². The molecule has 0 N–H and O–H groups in total. The summed E-state index contributed by atoms with van der Waals surface area (Å²) < 4.78 is 21.2. The van der Waals surface area contributed by atoms with Crippen LogP contribution in [0.2, 0.25) is 0 Å². The zero-order valence-electron chi connectivity index (χ0n) is 5.12. The summed E-state index contributed by atoms with van der Waals surface area (Å²) in [4.78, 5) is 10.3. The lowest BCUT2D eigenvalue weighted by molar-refractivity contribution is -0.123. The smallest absolute Gasteiger partial charge is 0.151 e. The van der Waals surface area contributed by atoms with Crippen molar-refractivity contribution in [1.29, 1.82) is 0 Å². The maximum absolute atomic E-state index is 10.6. The Kier molecular flexibility index (Phi) is 1.35. The number of carbonyl (C=O) groups is 1. The fourth-order valence-electron chi connectivity index (χ4n) is 0.751. The van der Waals surface area contributed by atoms with Crippen LogP contribution in [0.25, 0.3) is 0 Å². The van der Waals surface area contributed by atoms with Crippen molar-refractivity contribution in [3.63, 3.8) is 0 Å². The molecule has 0 atom stereocenters. The maximum Gasteiger partial charge on any atom is 0.151 e. The van der Waals surface area contributed by atoms with Gasteiger partial charge < -0.3 is 0 Å². The van der Waals surface area contributed by atoms with Crippen LogP contribution in [0.5, 0.6) is 0 Å². The maximum atomic E-state index is 10.6. The number of Topliss-reactive ketones (excluding diaryl/α,β-unsaturated/α-hetero) is 1. The molecular weight excluding hydrogens is 140 g/mol. The third-order valence-electron chi connectivity index (χ3n) is 1.52. The number of sulfone groups is 1. The number of carbonyl (C=O) groups excluding carboxylic acids is 1. The Hall–Kier alpha value is -0.380. The summed E-state index contributed by atoms with van der Waals surface area (Å²) in [6.45, 7) is 0. The van der Waals surface area contributed by atoms with Crippen molar-refractivity contribution in [2.45, 2.75) is 18.1 Å². The van der Waals surface area contributed by atoms with Gasteiger partial charge in [0.1, 0.15) is 5.78 Å². The average Bonchev–Trinajstić information content (AvgIpc) is 1.55. The number of hydrogen-bond acceptors (Lipinski definition) is 3. The largest absolute Gasteiger partial charge is 0.300 e. The molecule has 0 aliphatic heterocycles. The third kappa shape index (κ3) is 1.30. The van der Waals surface area contributed by atoms with Crippen molar-refractivity contribution in [1.82, 2.24) is 0 Å². The predicted molar refractivity (Wildman–Crippen MR) is 32.9 cm³/mol. The molecule has 0 spiro atoms. The quantitative estimate of drug-likeness (QED) is 0.515. The highest BCUT2D eigenvalue weighted by Gasteiger charge is 2.34. The average molecular weight is 148 g/mol. The zero-order valence-corrected chi connectivity index (χ0v) is 5.94. The van der Waals surface area contributed by atoms with Crippen LogP contribution in [0.1, 0.15) is 12.8 Å². The molecule has 1 saturated carbocycles. The van der Waals surface area contributed by atoms with E-state index in [0.717, 1.165) is 0 Å². The van der Waals surface area contributed by atoms with Gasteiger partial charge in [0.25, 0.3) is 0 Å². The second-order valence-corrected chi connectivity index (χ2v) is 4.72. The van der Waals surface area contributed by atoms with Crippen LogP contribution in [0.3, 0.4) is 0 Å². The van der Waals surface area contributed by atoms with Crippen molar-refractivity contribution < 1.29 is 13.2 Å². The van der Waals surface area contributed by atoms with Crippen LogP contribution >= 0.6 is 0 Å². The molecule has 1 aliphatic carbocycles. The molecule has 0 aromatic rings. The Bertz CT molecular complexity index is 219. The molecule has 0 radical (unpaired) electrons. The molecule has 0 heterocycles. The summed E-state index contributed by atoms with van der Waals surface area (Å²) in [6.07, 6.45) is 1.64. The van der Waals surface area contributed by atoms with E-state index < -0.39 is 9.84 Å². The molecule has 0 unspecified atom stereocenters. The van der Waals surface area contributed by atoms with Gasteiger partial charge in [0.05, 0.1) is 5.25 Å². The summed E-state index contributed by atoms with van der Waals surface area (Å²) in [7, 11) is -2.92. The fourth-order valence-corrected chi connectivity index (χ4v) is 1.73. The molecule has 4 heteroatoms. The summed E-state index contributed by atoms with van der Waals surface area (Å²) in [5, 5.41) is -0.370. The molecule has 0 bridgehead atoms. The minimum Gasteiger partial charge on any atom is -0.300 e. The summed E-state index contributed by atoms with van der Waals surface area (Å²) in [5.74, 6) is 0.0606. The lowest BCUT2D eigenvalue weighted by Crippen LogP contribution is -2.35. The first kappa shape index (κ1) is 6.74. The van der Waals surface area contributed by atoms with Gasteiger partial charge in [-0.2, -0.15) is 0 Å². The standard InChI is InChI=1S/C5H8O3S/c1-9(7,8)5-2-4(6)3-5/h5H,2-3H2,1H3. The Morgan fingerprint density at radius 2 is 1.89 bits per heavy atom. The fraction of sp³-hybridized carbons (Fsp3) is 0.800. The van der Waals surface area contributed by atoms with Crippen LogP contribution in [0.4, 0.5) is 0 Å². The zero-order chi connectivity index (χ0) is 7.07. The number of hydrogen-bond donors (Lipinski definition) is 0. The summed E-state index contributed by atoms with van der Waals surface area (Å²) >= 11 is 0. The Morgan fingerprint density at radius 3 is 2.00 bits per heavy atom. The molecule has 1 fully saturated rings. The second-order valence-electron chi connectivity index (χ2n) is 2.40. The van der Waals surface area contributed by atoms with E-state index in [1.165, 1.54) is 6.26 Å². The molecule has 0 aromatic heterocycles. The lowest BCUT2D eigenvalue weighted by atomic mass is 9.98. The first-order valence-corrected chi connectivity index (χ1v) is 4.66. The van der Waals surface area contributed by atoms with Crippen molar-refractivity contribution in [3.05, 3.63) is 0 Å². The summed E-state index contributed by atoms with van der Waals surface area (Å²) in [6, 6.07) is 0. The van der Waals surface area contributed by atoms with Crippen molar-refractivity contribution in [2.75, 3.05) is 6.26 Å². The van der Waals surface area contributed by atoms with Crippen molar-refractivity contribution in [2.24, 2.45) is 0 Å². The van der Waals surface area contributed by atoms with Gasteiger partial charge in [-0.1, -0.05) is 0 Å². The van der Waals surface area contributed by atoms with Crippen LogP contribution in [-0.4, -0.2) is 25.7 Å². The SMILES string of the molecule is CS(=O)(=O)C1CC(=O)C1. The highest BCUT2D eigenvalue weighted by Crippen LogP contribution is 2.21. The van der Waals surface area contributed by atoms with E-state index in [2.05, 4.69) is 0 Å². The molecule has 52 valence electrons. The van der Waals surface area contributed by atoms with Gasteiger partial charge in [-0.15, -0.1) is 0 Å². The van der Waals surface area contributed by atoms with Crippen LogP contribution in [0, 0.1) is 0 Å². The monoisotopic (exact) mass is 148 g/mol. The van der Waals surface area contributed by atoms with Gasteiger partial charge in [-0.3, -0.25) is 4.79 Å². The Labute approximate surface area is 54.0 Å². The van der Waals surface area contributed by atoms with Gasteiger partial charge in [0, 0.05) is 19.1 Å². The lowest BCUT2D eigenvalue weighted by Gasteiger charge is -2.21. The van der Waals surface area contributed by atoms with E-state index in [0.29, 0.717) is 0 Å². The van der Waals surface area contributed by atoms with Gasteiger partial charge in [-0.05, 0) is 0 Å². The first-order valence-electron chi connectivity index (χ1n) is 2.71. The topological polar surface area (TPSA) is 51.2 Å². The molecule has 0 saturated heterocycles. The van der Waals surface area contributed by atoms with Gasteiger partial charge in [0.2, 0.25) is 0 Å². The van der Waals surface area contributed by atoms with E-state index in [1.807, 2.05) is 0 Å². The molecular formula is C5H8O3S. The number of ketones is 1. The van der Waals surface area contributed by atoms with Crippen LogP contribution in [0.15, 0.2) is 0 Å². The predicted octanol–water partition coefficient (Wildman–Crippen LogP) is -0.238. The molecule has 0 aromatic carbocycles. The highest BCUT2D eigenvalue weighted by molar-refractivity contribution is 7.91. The number of rotatable bonds is 1. The van der Waals surface area contributed by atoms with Crippen molar-refractivity contribution in [3.8, 4) is 0 Å². The highest BCUT2D eigenvalue weighted by atomic mass is 32.2. The molecule has 1 rings (SSSR count). The second kappa shape index (κ2) is 1.80. The van der Waals surface area contributed by atoms with Gasteiger partial charge in [0.15, 0.2) is 9.84 Å². The molecule has 0 amide bonds. The molecule has 3 nitrogen and oxygen atoms in total. The Morgan fingerprint density at radius 1 is 1.44 bits per heavy atom. The normalized spacial score (nSPS) is 21.7. The van der Waals surface area contributed by atoms with E-state index in [9.17, 15) is 13.2 Å². The van der Waals surface area contributed by atoms with E-state index in [4.69, 9.17) is 0 Å². The van der Waals surface area contributed by atoms with Crippen LogP contribution < -0.4 is 0 Å². The minimum absolute atomic E-state index is 0.0606. The Balaban J connectivity index is 2.61. The molecule has 9 heavy (non-hydrogen) atoms. The van der Waals surface area contributed by atoms with Crippen molar-refractivity contribution >= 4 is 15.6 Å². The first-order chi connectivity index (χ1) is 4.00. The molecule has 1 aliphatic rings. The third-order valence-corrected chi connectivity index (χ3v) is 3.06. The van der Waals surface area contributed by atoms with Crippen LogP contribution in [-0.2, 0) is 14.6 Å². The van der Waals surface area contributed by atoms with E-state index >= 15 is 0 Å². The minimum atomic E-state index is -2.92. The van der Waals surface area contributed by atoms with E-state index in [1.54, 1.807) is 0 Å².